The van der Waals surface area contributed by atoms with Gasteiger partial charge in [-0.25, -0.2) is 0 Å². The van der Waals surface area contributed by atoms with Gasteiger partial charge in [-0.15, -0.1) is 0 Å². The van der Waals surface area contributed by atoms with Crippen LogP contribution in [0.4, 0.5) is 0 Å². The van der Waals surface area contributed by atoms with E-state index in [9.17, 15) is 0 Å². The molecule has 1 rings (SSSR count). The molecule has 1 aliphatic heterocycles. The van der Waals surface area contributed by atoms with Gasteiger partial charge in [-0.1, -0.05) is 0 Å². The van der Waals surface area contributed by atoms with E-state index in [0.29, 0.717) is 0 Å². The van der Waals surface area contributed by atoms with E-state index in [0.717, 1.165) is 0 Å². The van der Waals surface area contributed by atoms with Gasteiger partial charge in [-0.3, -0.25) is 10.3 Å². The molecule has 1 N–H and O–H groups in total. The van der Waals surface area contributed by atoms with Gasteiger partial charge in [0.1, 0.15) is 0 Å². The molecule has 0 spiro atoms. The maximum absolute atomic E-state index is 4.33. The van der Waals surface area contributed by atoms with Crippen molar-refractivity contribution in [1.82, 2.24) is 5.48 Å². The van der Waals surface area contributed by atoms with Crippen LogP contribution in [0.15, 0.2) is 12.3 Å². The van der Waals surface area contributed by atoms with Gasteiger partial charge < -0.3 is 0 Å². The summed E-state index contributed by atoms with van der Waals surface area (Å²) in [5, 5.41) is 0. The van der Waals surface area contributed by atoms with Crippen molar-refractivity contribution >= 4 is 0 Å². The third-order valence-electron chi connectivity index (χ3n) is 0.337. The lowest BCUT2D eigenvalue weighted by Gasteiger charge is -1.80. The van der Waals surface area contributed by atoms with Gasteiger partial charge in [-0.2, -0.15) is 0 Å². The standard InChI is InChI=1S/C3H3NO/c1-2-4-5-3-1/h1-2,4H. The van der Waals surface area contributed by atoms with Crippen molar-refractivity contribution in [3.63, 3.8) is 0 Å². The Morgan fingerprint density at radius 2 is 2.80 bits per heavy atom. The largest absolute Gasteiger partial charge is 0.273 e. The van der Waals surface area contributed by atoms with Crippen molar-refractivity contribution in [2.45, 2.75) is 0 Å². The first-order chi connectivity index (χ1) is 2.50. The van der Waals surface area contributed by atoms with Crippen LogP contribution < -0.4 is 5.48 Å². The Morgan fingerprint density at radius 3 is 3.00 bits per heavy atom. The van der Waals surface area contributed by atoms with E-state index in [1.165, 1.54) is 0 Å². The molecule has 0 fully saturated rings. The Morgan fingerprint density at radius 1 is 1.80 bits per heavy atom. The molecule has 2 heteroatoms. The van der Waals surface area contributed by atoms with Crippen LogP contribution in [0.25, 0.3) is 0 Å². The molecule has 0 unspecified atom stereocenters. The number of hydroxylamine groups is 1. The topological polar surface area (TPSA) is 21.3 Å². The molecule has 2 nitrogen and oxygen atoms in total. The molecular weight excluding hydrogens is 66.0 g/mol. The van der Waals surface area contributed by atoms with Crippen molar-refractivity contribution in [1.29, 1.82) is 0 Å². The summed E-state index contributed by atoms with van der Waals surface area (Å²) < 4.78 is 0. The van der Waals surface area contributed by atoms with Crippen molar-refractivity contribution < 1.29 is 4.84 Å². The zero-order valence-corrected chi connectivity index (χ0v) is 2.56. The Bertz CT molecular complexity index is 44.9. The minimum Gasteiger partial charge on any atom is -0.273 e. The fourth-order valence-electron chi connectivity index (χ4n) is 0.170. The van der Waals surface area contributed by atoms with Crippen LogP contribution in [0, 0.1) is 6.61 Å². The van der Waals surface area contributed by atoms with Crippen molar-refractivity contribution in [2.24, 2.45) is 0 Å². The van der Waals surface area contributed by atoms with Gasteiger partial charge in [0.2, 0.25) is 0 Å². The summed E-state index contributed by atoms with van der Waals surface area (Å²) in [5.74, 6) is 0. The van der Waals surface area contributed by atoms with Crippen LogP contribution in [-0.4, -0.2) is 0 Å². The van der Waals surface area contributed by atoms with E-state index in [1.54, 1.807) is 12.3 Å². The van der Waals surface area contributed by atoms with E-state index in [-0.39, 0.29) is 0 Å². The second-order valence-corrected chi connectivity index (χ2v) is 0.671. The second kappa shape index (κ2) is 1.08. The summed E-state index contributed by atoms with van der Waals surface area (Å²) in [6.45, 7) is 2.43. The number of nitrogens with one attached hydrogen (secondary N) is 1. The van der Waals surface area contributed by atoms with Crippen molar-refractivity contribution in [3.8, 4) is 0 Å². The average Bonchev–Trinajstić information content (AvgIpc) is 1.76. The fourth-order valence-corrected chi connectivity index (χ4v) is 0.170. The van der Waals surface area contributed by atoms with Crippen LogP contribution >= 0.6 is 0 Å². The molecular formula is C3H3NO. The molecule has 0 aromatic rings. The Hall–Kier alpha value is -0.500. The number of hydrogen-bond acceptors (Lipinski definition) is 2. The molecule has 0 aliphatic carbocycles. The molecule has 0 atom stereocenters. The predicted octanol–water partition coefficient (Wildman–Crippen LogP) is 0.0737. The Balaban J connectivity index is 2.32. The SMILES string of the molecule is [C]1C=CNO1. The maximum Gasteiger partial charge on any atom is 0.193 e. The highest BCUT2D eigenvalue weighted by Crippen LogP contribution is 1.84. The molecule has 1 aliphatic rings. The average molecular weight is 69.1 g/mol. The normalized spacial score (nSPS) is 19.2. The third-order valence-corrected chi connectivity index (χ3v) is 0.337. The smallest absolute Gasteiger partial charge is 0.193 e. The summed E-state index contributed by atoms with van der Waals surface area (Å²) in [6.07, 6.45) is 3.31. The summed E-state index contributed by atoms with van der Waals surface area (Å²) >= 11 is 0. The van der Waals surface area contributed by atoms with Gasteiger partial charge in [0.15, 0.2) is 6.61 Å². The van der Waals surface area contributed by atoms with Crippen LogP contribution in [0.2, 0.25) is 0 Å². The minimum absolute atomic E-state index is 1.65. The van der Waals surface area contributed by atoms with Gasteiger partial charge in [0.05, 0.1) is 0 Å². The number of hydrogen-bond donors (Lipinski definition) is 1. The van der Waals surface area contributed by atoms with E-state index in [4.69, 9.17) is 0 Å². The summed E-state index contributed by atoms with van der Waals surface area (Å²) in [4.78, 5) is 4.33. The molecule has 0 aromatic carbocycles. The molecule has 0 aromatic heterocycles. The van der Waals surface area contributed by atoms with Crippen LogP contribution in [0.3, 0.4) is 0 Å². The lowest BCUT2D eigenvalue weighted by Crippen LogP contribution is -1.93. The Kier molecular flexibility index (Phi) is 0.588. The molecule has 0 saturated carbocycles. The van der Waals surface area contributed by atoms with E-state index < -0.39 is 0 Å². The first-order valence-corrected chi connectivity index (χ1v) is 1.32. The summed E-state index contributed by atoms with van der Waals surface area (Å²) in [5.41, 5.74) is 2.43. The lowest BCUT2D eigenvalue weighted by atomic mass is 10.7. The molecule has 0 saturated heterocycles. The predicted molar refractivity (Wildman–Crippen MR) is 16.6 cm³/mol. The molecule has 2 radical (unpaired) electrons. The van der Waals surface area contributed by atoms with Gasteiger partial charge >= 0.3 is 0 Å². The van der Waals surface area contributed by atoms with Crippen molar-refractivity contribution in [2.75, 3.05) is 0 Å². The van der Waals surface area contributed by atoms with Gasteiger partial charge in [0.25, 0.3) is 0 Å². The first-order valence-electron chi connectivity index (χ1n) is 1.32. The zero-order valence-electron chi connectivity index (χ0n) is 2.56. The lowest BCUT2D eigenvalue weighted by molar-refractivity contribution is 0.163. The molecule has 1 heterocycles. The van der Waals surface area contributed by atoms with Crippen LogP contribution in [-0.2, 0) is 4.84 Å². The highest BCUT2D eigenvalue weighted by atomic mass is 16.6. The van der Waals surface area contributed by atoms with Crippen molar-refractivity contribution in [3.05, 3.63) is 18.9 Å². The highest BCUT2D eigenvalue weighted by molar-refractivity contribution is 4.89. The highest BCUT2D eigenvalue weighted by Gasteiger charge is 1.84. The molecule has 5 heavy (non-hydrogen) atoms. The monoisotopic (exact) mass is 69.0 g/mol. The second-order valence-electron chi connectivity index (χ2n) is 0.671. The van der Waals surface area contributed by atoms with Crippen LogP contribution in [0.1, 0.15) is 0 Å². The molecule has 0 bridgehead atoms. The van der Waals surface area contributed by atoms with E-state index in [2.05, 4.69) is 16.9 Å². The quantitative estimate of drug-likeness (QED) is 0.434. The maximum atomic E-state index is 4.33. The summed E-state index contributed by atoms with van der Waals surface area (Å²) in [7, 11) is 0. The summed E-state index contributed by atoms with van der Waals surface area (Å²) in [6, 6.07) is 0. The zero-order chi connectivity index (χ0) is 3.54. The minimum atomic E-state index is 1.65. The third kappa shape index (κ3) is 0.389. The van der Waals surface area contributed by atoms with Crippen LogP contribution in [0.5, 0.6) is 0 Å². The van der Waals surface area contributed by atoms with Gasteiger partial charge in [0, 0.05) is 6.20 Å². The molecule has 0 amide bonds. The first kappa shape index (κ1) is 2.72. The number of rotatable bonds is 0. The Labute approximate surface area is 30.4 Å². The van der Waals surface area contributed by atoms with Gasteiger partial charge in [-0.05, 0) is 6.08 Å². The molecule has 26 valence electrons. The van der Waals surface area contributed by atoms with E-state index in [1.807, 2.05) is 0 Å². The van der Waals surface area contributed by atoms with E-state index >= 15 is 0 Å². The fraction of sp³-hybridized carbons (Fsp3) is 0.